The van der Waals surface area contributed by atoms with Crippen molar-refractivity contribution >= 4 is 46.9 Å². The molecule has 301 valence electrons. The second-order valence-corrected chi connectivity index (χ2v) is 12.5. The van der Waals surface area contributed by atoms with Crippen molar-refractivity contribution in [3.8, 4) is 23.0 Å². The fourth-order valence-corrected chi connectivity index (χ4v) is 5.45. The first-order chi connectivity index (χ1) is 27.2. The van der Waals surface area contributed by atoms with Crippen LogP contribution in [0.2, 0.25) is 0 Å². The quantitative estimate of drug-likeness (QED) is 0.181. The monoisotopic (exact) mass is 785 g/mol. The normalized spacial score (nSPS) is 14.4. The highest BCUT2D eigenvalue weighted by molar-refractivity contribution is 6.62. The zero-order chi connectivity index (χ0) is 40.1. The Labute approximate surface area is 336 Å². The van der Waals surface area contributed by atoms with Gasteiger partial charge in [-0.25, -0.2) is 4.79 Å². The van der Waals surface area contributed by atoms with Crippen LogP contribution in [0.25, 0.3) is 0 Å². The number of carbonyl (C=O) groups is 1. The lowest BCUT2D eigenvalue weighted by atomic mass is 9.80. The number of aliphatic hydroxyl groups excluding tert-OH is 1. The number of aliphatic hydroxyl groups is 1. The molecule has 0 spiro atoms. The van der Waals surface area contributed by atoms with E-state index >= 15 is 0 Å². The molecule has 2 fully saturated rings. The molecule has 4 heterocycles. The lowest BCUT2D eigenvalue weighted by Gasteiger charge is -2.07. The van der Waals surface area contributed by atoms with Crippen LogP contribution in [0.5, 0.6) is 23.0 Å². The molecular weight excluding hydrogens is 736 g/mol. The summed E-state index contributed by atoms with van der Waals surface area (Å²) in [4.78, 5) is 10.8. The van der Waals surface area contributed by atoms with E-state index in [0.717, 1.165) is 54.0 Å². The Hall–Kier alpha value is -4.19. The molecule has 0 bridgehead atoms. The smallest absolute Gasteiger partial charge is 0.478 e. The number of carboxylic acids is 1. The topological polar surface area (TPSA) is 181 Å². The number of fused-ring (bicyclic) bond motifs is 2. The third kappa shape index (κ3) is 15.9. The van der Waals surface area contributed by atoms with Gasteiger partial charge in [-0.3, -0.25) is 0 Å². The summed E-state index contributed by atoms with van der Waals surface area (Å²) in [6.45, 7) is 4.77. The Morgan fingerprint density at radius 1 is 0.632 bits per heavy atom. The number of aromatic carboxylic acids is 1. The molecule has 18 heteroatoms. The zero-order valence-corrected chi connectivity index (χ0v) is 32.5. The summed E-state index contributed by atoms with van der Waals surface area (Å²) in [7, 11) is 2.33. The van der Waals surface area contributed by atoms with Crippen LogP contribution >= 0.6 is 0 Å². The first-order valence-corrected chi connectivity index (χ1v) is 18.2. The Kier molecular flexibility index (Phi) is 21.5. The van der Waals surface area contributed by atoms with Crippen molar-refractivity contribution in [1.82, 2.24) is 0 Å². The molecule has 2 saturated heterocycles. The second-order valence-electron chi connectivity index (χ2n) is 12.5. The lowest BCUT2D eigenvalue weighted by Crippen LogP contribution is -2.27. The second kappa shape index (κ2) is 25.9. The molecule has 14 nitrogen and oxygen atoms in total. The summed E-state index contributed by atoms with van der Waals surface area (Å²) in [6.07, 6.45) is 5.11. The Bertz CT molecular complexity index is 1710. The summed E-state index contributed by atoms with van der Waals surface area (Å²) in [6, 6.07) is 24.2. The van der Waals surface area contributed by atoms with E-state index in [1.165, 1.54) is 59.1 Å². The third-order valence-corrected chi connectivity index (χ3v) is 8.47. The Balaban J connectivity index is 0.000000215. The standard InChI is InChI=1S/C14H11BO5.C14H13BO4.2C4H8O.C3H9BO3.B/c16-14(17)9-1-3-11(4-2-9)20-12-5-6-13-10(7-12)8-19-15(13)18;16-8-10-1-3-12(4-2-10)19-13-5-6-14-11(7-13)9-18-15(14)17;2*1-2-4-5-3-1;1-5-4(6-2)7-3;/h1-7,18H,8H2,(H,16,17);1-7,16-17H,8-9H2;2*1-4H2;1-3H3;. The molecule has 0 aromatic heterocycles. The summed E-state index contributed by atoms with van der Waals surface area (Å²) < 4.78 is 45.3. The van der Waals surface area contributed by atoms with Crippen molar-refractivity contribution in [2.45, 2.75) is 45.5 Å². The number of rotatable bonds is 9. The average Bonchev–Trinajstić information content (AvgIpc) is 4.09. The van der Waals surface area contributed by atoms with Gasteiger partial charge in [0.05, 0.1) is 25.4 Å². The fourth-order valence-electron chi connectivity index (χ4n) is 5.45. The largest absolute Gasteiger partial charge is 0.638 e. The molecule has 4 aliphatic heterocycles. The third-order valence-electron chi connectivity index (χ3n) is 8.47. The minimum absolute atomic E-state index is 0. The molecule has 3 radical (unpaired) electrons. The van der Waals surface area contributed by atoms with Gasteiger partial charge in [0, 0.05) is 56.2 Å². The van der Waals surface area contributed by atoms with Crippen LogP contribution in [0.15, 0.2) is 84.9 Å². The van der Waals surface area contributed by atoms with Gasteiger partial charge in [-0.05, 0) is 114 Å². The van der Waals surface area contributed by atoms with Crippen LogP contribution < -0.4 is 20.4 Å². The SMILES string of the molecule is C1CCOC1.C1CCOC1.COB(OC)OC.O=C(O)c1ccc(Oc2ccc3c(c2)COB3O)cc1.OCc1ccc(Oc2ccc3c(c2)COB3O)cc1.[B]. The highest BCUT2D eigenvalue weighted by atomic mass is 16.7. The summed E-state index contributed by atoms with van der Waals surface area (Å²) in [5, 5.41) is 36.8. The van der Waals surface area contributed by atoms with Crippen molar-refractivity contribution in [1.29, 1.82) is 0 Å². The van der Waals surface area contributed by atoms with Gasteiger partial charge in [0.15, 0.2) is 0 Å². The maximum atomic E-state index is 10.8. The molecule has 4 N–H and O–H groups in total. The molecule has 0 atom stereocenters. The van der Waals surface area contributed by atoms with Crippen LogP contribution in [-0.2, 0) is 52.6 Å². The van der Waals surface area contributed by atoms with Crippen LogP contribution in [0.3, 0.4) is 0 Å². The van der Waals surface area contributed by atoms with Gasteiger partial charge in [0.1, 0.15) is 23.0 Å². The van der Waals surface area contributed by atoms with Crippen molar-refractivity contribution in [3.63, 3.8) is 0 Å². The number of ether oxygens (including phenoxy) is 4. The lowest BCUT2D eigenvalue weighted by molar-refractivity contribution is 0.0696. The van der Waals surface area contributed by atoms with Gasteiger partial charge in [0.2, 0.25) is 0 Å². The molecule has 0 unspecified atom stereocenters. The van der Waals surface area contributed by atoms with Crippen LogP contribution in [-0.4, -0.2) is 104 Å². The van der Waals surface area contributed by atoms with Gasteiger partial charge in [0.25, 0.3) is 0 Å². The van der Waals surface area contributed by atoms with E-state index in [0.29, 0.717) is 36.2 Å². The molecular formula is C39H49B4O14. The van der Waals surface area contributed by atoms with E-state index < -0.39 is 27.5 Å². The molecule has 0 saturated carbocycles. The molecule has 57 heavy (non-hydrogen) atoms. The van der Waals surface area contributed by atoms with E-state index in [4.69, 9.17) is 38.5 Å². The number of hydrogen-bond donors (Lipinski definition) is 4. The van der Waals surface area contributed by atoms with E-state index in [9.17, 15) is 14.8 Å². The fraction of sp³-hybridized carbons (Fsp3) is 0.359. The van der Waals surface area contributed by atoms with E-state index in [2.05, 4.69) is 14.0 Å². The van der Waals surface area contributed by atoms with Crippen LogP contribution in [0.4, 0.5) is 0 Å². The minimum Gasteiger partial charge on any atom is -0.478 e. The van der Waals surface area contributed by atoms with Crippen molar-refractivity contribution < 1.29 is 67.3 Å². The minimum atomic E-state index is -0.972. The van der Waals surface area contributed by atoms with Gasteiger partial charge < -0.3 is 62.5 Å². The molecule has 4 aromatic carbocycles. The van der Waals surface area contributed by atoms with Gasteiger partial charge >= 0.3 is 27.5 Å². The molecule has 8 rings (SSSR count). The summed E-state index contributed by atoms with van der Waals surface area (Å²) in [5.74, 6) is 1.60. The van der Waals surface area contributed by atoms with Crippen molar-refractivity contribution in [2.24, 2.45) is 0 Å². The van der Waals surface area contributed by atoms with Crippen molar-refractivity contribution in [3.05, 3.63) is 107 Å². The molecule has 0 aliphatic carbocycles. The maximum Gasteiger partial charge on any atom is 0.638 e. The first-order valence-electron chi connectivity index (χ1n) is 18.2. The number of benzene rings is 4. The molecule has 0 amide bonds. The highest BCUT2D eigenvalue weighted by Crippen LogP contribution is 2.25. The van der Waals surface area contributed by atoms with Gasteiger partial charge in [-0.2, -0.15) is 0 Å². The van der Waals surface area contributed by atoms with Crippen molar-refractivity contribution in [2.75, 3.05) is 47.8 Å². The van der Waals surface area contributed by atoms with E-state index in [1.54, 1.807) is 36.4 Å². The molecule has 4 aromatic rings. The molecule has 4 aliphatic rings. The maximum absolute atomic E-state index is 10.8. The Morgan fingerprint density at radius 2 is 1.02 bits per heavy atom. The summed E-state index contributed by atoms with van der Waals surface area (Å²) >= 11 is 0. The van der Waals surface area contributed by atoms with E-state index in [-0.39, 0.29) is 20.6 Å². The van der Waals surface area contributed by atoms with Crippen LogP contribution in [0, 0.1) is 0 Å². The summed E-state index contributed by atoms with van der Waals surface area (Å²) in [5.41, 5.74) is 4.43. The zero-order valence-electron chi connectivity index (χ0n) is 32.5. The van der Waals surface area contributed by atoms with E-state index in [1.807, 2.05) is 36.4 Å². The van der Waals surface area contributed by atoms with Crippen LogP contribution in [0.1, 0.15) is 52.7 Å². The van der Waals surface area contributed by atoms with Gasteiger partial charge in [-0.1, -0.05) is 24.3 Å². The highest BCUT2D eigenvalue weighted by Gasteiger charge is 2.28. The number of hydrogen-bond acceptors (Lipinski definition) is 13. The Morgan fingerprint density at radius 3 is 1.33 bits per heavy atom. The number of carboxylic acid groups (broad SMARTS) is 1. The predicted octanol–water partition coefficient (Wildman–Crippen LogP) is 3.71. The first kappa shape index (κ1) is 47.2. The predicted molar refractivity (Wildman–Crippen MR) is 216 cm³/mol. The van der Waals surface area contributed by atoms with Gasteiger partial charge in [-0.15, -0.1) is 0 Å². The average molecular weight is 785 g/mol.